The first kappa shape index (κ1) is 41.0. The lowest BCUT2D eigenvalue weighted by molar-refractivity contribution is -0.256. The highest BCUT2D eigenvalue weighted by Gasteiger charge is 2.55. The third kappa shape index (κ3) is 8.91. The Morgan fingerprint density at radius 1 is 0.653 bits per heavy atom. The highest BCUT2D eigenvalue weighted by Crippen LogP contribution is 2.40. The molecular formula is C29H46O20. The van der Waals surface area contributed by atoms with E-state index in [4.69, 9.17) is 18.9 Å². The topological polar surface area (TPSA) is 351 Å². The fraction of sp³-hybridized carbons (Fsp3) is 0.828. The molecule has 13 N–H and O–H groups in total. The minimum absolute atomic E-state index is 0.0711. The molecule has 3 aliphatic rings. The monoisotopic (exact) mass is 714 g/mol. The van der Waals surface area contributed by atoms with Gasteiger partial charge in [-0.1, -0.05) is 6.08 Å². The second-order valence-corrected chi connectivity index (χ2v) is 12.7. The number of hydrogen-bond acceptors (Lipinski definition) is 17. The van der Waals surface area contributed by atoms with Gasteiger partial charge in [-0.3, -0.25) is 0 Å². The summed E-state index contributed by atoms with van der Waals surface area (Å²) in [5.74, 6) is -9.15. The van der Waals surface area contributed by atoms with Gasteiger partial charge in [0, 0.05) is 18.9 Å². The van der Waals surface area contributed by atoms with Gasteiger partial charge in [0.2, 0.25) is 0 Å². The Bertz CT molecular complexity index is 1140. The number of ether oxygens (including phenoxy) is 4. The number of hydrogen-bond donors (Lipinski definition) is 13. The average Bonchev–Trinajstić information content (AvgIpc) is 3.04. The maximum Gasteiger partial charge on any atom is 0.335 e. The molecule has 18 unspecified atom stereocenters. The van der Waals surface area contributed by atoms with Gasteiger partial charge in [-0.15, -0.1) is 6.58 Å². The molecule has 3 saturated heterocycles. The summed E-state index contributed by atoms with van der Waals surface area (Å²) < 4.78 is 21.4. The van der Waals surface area contributed by atoms with Crippen molar-refractivity contribution < 1.29 is 99.7 Å². The van der Waals surface area contributed by atoms with E-state index in [1.54, 1.807) is 0 Å². The molecule has 3 aliphatic heterocycles. The second kappa shape index (κ2) is 17.2. The molecule has 0 radical (unpaired) electrons. The molecule has 282 valence electrons. The van der Waals surface area contributed by atoms with Crippen LogP contribution in [0.25, 0.3) is 0 Å². The van der Waals surface area contributed by atoms with Crippen LogP contribution >= 0.6 is 0 Å². The number of aliphatic carboxylic acids is 3. The Balaban J connectivity index is 1.80. The zero-order chi connectivity index (χ0) is 37.1. The standard InChI is InChI=1S/C29H46O20/c1-3-4-8(14(30)21(37)26(38)39)5-11-17(33)15(31)9(22(47-11)27(40)41)6-12-18(34)16(32)10(23(48-12)28(42)43)7-13-19(35)20(36)24(46-2)25(49-13)29(44)45/h3,8-26,30-39H,1,4-7H2,2H3,(H,40,41)(H,42,43)(H,44,45). The highest BCUT2D eigenvalue weighted by atomic mass is 16.6. The van der Waals surface area contributed by atoms with Crippen molar-refractivity contribution in [2.45, 2.75) is 124 Å². The van der Waals surface area contributed by atoms with Gasteiger partial charge in [-0.25, -0.2) is 14.4 Å². The van der Waals surface area contributed by atoms with Gasteiger partial charge in [-0.05, 0) is 31.6 Å². The lowest BCUT2D eigenvalue weighted by atomic mass is 9.75. The van der Waals surface area contributed by atoms with Gasteiger partial charge in [0.25, 0.3) is 0 Å². The molecule has 49 heavy (non-hydrogen) atoms. The lowest BCUT2D eigenvalue weighted by Gasteiger charge is -2.48. The van der Waals surface area contributed by atoms with Gasteiger partial charge in [0.05, 0.1) is 36.6 Å². The molecular weight excluding hydrogens is 668 g/mol. The summed E-state index contributed by atoms with van der Waals surface area (Å²) in [6, 6.07) is 0. The molecule has 20 nitrogen and oxygen atoms in total. The SMILES string of the molecule is C=CCC(CC1OC(C(=O)O)C(CC2OC(C(=O)O)C(CC3OC(C(=O)O)C(OC)C(O)C3O)C(O)C2O)C(O)C1O)C(O)C(O)C(O)O. The van der Waals surface area contributed by atoms with Gasteiger partial charge < -0.3 is 85.3 Å². The first-order valence-corrected chi connectivity index (χ1v) is 15.5. The summed E-state index contributed by atoms with van der Waals surface area (Å²) in [5.41, 5.74) is 0. The molecule has 3 rings (SSSR count). The molecule has 0 aliphatic carbocycles. The van der Waals surface area contributed by atoms with E-state index in [0.29, 0.717) is 0 Å². The van der Waals surface area contributed by atoms with Crippen molar-refractivity contribution in [2.75, 3.05) is 7.11 Å². The van der Waals surface area contributed by atoms with E-state index in [1.807, 2.05) is 0 Å². The first-order valence-electron chi connectivity index (χ1n) is 15.5. The predicted molar refractivity (Wildman–Crippen MR) is 155 cm³/mol. The Morgan fingerprint density at radius 2 is 1.06 bits per heavy atom. The number of rotatable bonds is 15. The van der Waals surface area contributed by atoms with Crippen molar-refractivity contribution in [3.05, 3.63) is 12.7 Å². The highest BCUT2D eigenvalue weighted by molar-refractivity contribution is 5.74. The van der Waals surface area contributed by atoms with Crippen LogP contribution in [0, 0.1) is 17.8 Å². The number of aliphatic hydroxyl groups excluding tert-OH is 9. The Kier molecular flexibility index (Phi) is 14.4. The third-order valence-corrected chi connectivity index (χ3v) is 9.60. The quantitative estimate of drug-likeness (QED) is 0.0555. The van der Waals surface area contributed by atoms with E-state index >= 15 is 0 Å². The largest absolute Gasteiger partial charge is 0.479 e. The maximum atomic E-state index is 12.3. The molecule has 0 aromatic carbocycles. The van der Waals surface area contributed by atoms with Crippen LogP contribution in [-0.4, -0.2) is 189 Å². The van der Waals surface area contributed by atoms with Crippen LogP contribution in [0.1, 0.15) is 25.7 Å². The van der Waals surface area contributed by atoms with Crippen LogP contribution in [0.3, 0.4) is 0 Å². The molecule has 3 heterocycles. The van der Waals surface area contributed by atoms with Crippen molar-refractivity contribution in [2.24, 2.45) is 17.8 Å². The maximum absolute atomic E-state index is 12.3. The third-order valence-electron chi connectivity index (χ3n) is 9.60. The van der Waals surface area contributed by atoms with Crippen molar-refractivity contribution in [1.29, 1.82) is 0 Å². The summed E-state index contributed by atoms with van der Waals surface area (Å²) in [6.07, 6.45) is -30.1. The van der Waals surface area contributed by atoms with E-state index in [1.165, 1.54) is 6.08 Å². The van der Waals surface area contributed by atoms with Crippen LogP contribution in [0.2, 0.25) is 0 Å². The summed E-state index contributed by atoms with van der Waals surface area (Å²) in [4.78, 5) is 36.2. The van der Waals surface area contributed by atoms with E-state index in [2.05, 4.69) is 6.58 Å². The van der Waals surface area contributed by atoms with E-state index in [-0.39, 0.29) is 6.42 Å². The van der Waals surface area contributed by atoms with Crippen molar-refractivity contribution >= 4 is 17.9 Å². The molecule has 0 saturated carbocycles. The van der Waals surface area contributed by atoms with Gasteiger partial charge >= 0.3 is 17.9 Å². The molecule has 20 heteroatoms. The zero-order valence-corrected chi connectivity index (χ0v) is 26.3. The van der Waals surface area contributed by atoms with Crippen molar-refractivity contribution in [1.82, 2.24) is 0 Å². The van der Waals surface area contributed by atoms with Crippen LogP contribution in [0.15, 0.2) is 12.7 Å². The number of carbonyl (C=O) groups is 3. The Morgan fingerprint density at radius 3 is 1.47 bits per heavy atom. The van der Waals surface area contributed by atoms with Crippen LogP contribution in [0.4, 0.5) is 0 Å². The van der Waals surface area contributed by atoms with Crippen molar-refractivity contribution in [3.63, 3.8) is 0 Å². The molecule has 18 atom stereocenters. The predicted octanol–water partition coefficient (Wildman–Crippen LogP) is -5.65. The summed E-state index contributed by atoms with van der Waals surface area (Å²) in [7, 11) is 1.07. The molecule has 0 amide bonds. The van der Waals surface area contributed by atoms with E-state index < -0.39 is 153 Å². The first-order chi connectivity index (χ1) is 22.9. The van der Waals surface area contributed by atoms with Crippen LogP contribution in [-0.2, 0) is 33.3 Å². The zero-order valence-electron chi connectivity index (χ0n) is 26.3. The van der Waals surface area contributed by atoms with Gasteiger partial charge in [-0.2, -0.15) is 0 Å². The Labute approximate surface area is 279 Å². The summed E-state index contributed by atoms with van der Waals surface area (Å²) in [6.45, 7) is 3.50. The van der Waals surface area contributed by atoms with Gasteiger partial charge in [0.1, 0.15) is 36.6 Å². The molecule has 0 aromatic heterocycles. The average molecular weight is 715 g/mol. The number of methoxy groups -OCH3 is 1. The fourth-order valence-electron chi connectivity index (χ4n) is 6.92. The fourth-order valence-corrected chi connectivity index (χ4v) is 6.92. The number of carboxylic acid groups (broad SMARTS) is 3. The molecule has 0 spiro atoms. The normalized spacial score (nSPS) is 41.8. The lowest BCUT2D eigenvalue weighted by Crippen LogP contribution is -2.63. The number of carboxylic acids is 3. The smallest absolute Gasteiger partial charge is 0.335 e. The van der Waals surface area contributed by atoms with Crippen LogP contribution < -0.4 is 0 Å². The summed E-state index contributed by atoms with van der Waals surface area (Å²) >= 11 is 0. The Hall–Kier alpha value is -2.41. The molecule has 0 bridgehead atoms. The summed E-state index contributed by atoms with van der Waals surface area (Å²) in [5, 5.41) is 133. The minimum atomic E-state index is -2.34. The van der Waals surface area contributed by atoms with Crippen LogP contribution in [0.5, 0.6) is 0 Å². The van der Waals surface area contributed by atoms with Gasteiger partial charge in [0.15, 0.2) is 24.6 Å². The number of aliphatic hydroxyl groups is 10. The van der Waals surface area contributed by atoms with E-state index in [0.717, 1.165) is 7.11 Å². The molecule has 3 fully saturated rings. The minimum Gasteiger partial charge on any atom is -0.479 e. The number of allylic oxidation sites excluding steroid dienone is 1. The van der Waals surface area contributed by atoms with Crippen molar-refractivity contribution in [3.8, 4) is 0 Å². The van der Waals surface area contributed by atoms with E-state index in [9.17, 15) is 80.8 Å². The second-order valence-electron chi connectivity index (χ2n) is 12.7. The molecule has 0 aromatic rings.